The Balaban J connectivity index is 1.99. The highest BCUT2D eigenvalue weighted by Crippen LogP contribution is 2.18. The van der Waals surface area contributed by atoms with E-state index in [0.29, 0.717) is 12.1 Å². The number of hydrogen-bond donors (Lipinski definition) is 1. The molecule has 0 radical (unpaired) electrons. The van der Waals surface area contributed by atoms with Gasteiger partial charge in [0.1, 0.15) is 0 Å². The van der Waals surface area contributed by atoms with Crippen LogP contribution in [0.5, 0.6) is 0 Å². The van der Waals surface area contributed by atoms with Crippen molar-refractivity contribution in [3.05, 3.63) is 35.4 Å². The van der Waals surface area contributed by atoms with Gasteiger partial charge in [0.2, 0.25) is 0 Å². The Morgan fingerprint density at radius 3 is 2.67 bits per heavy atom. The third-order valence-corrected chi connectivity index (χ3v) is 4.14. The Labute approximate surface area is 129 Å². The first-order valence-electron chi connectivity index (χ1n) is 8.39. The summed E-state index contributed by atoms with van der Waals surface area (Å²) in [5.74, 6) is 0. The summed E-state index contributed by atoms with van der Waals surface area (Å²) >= 11 is 0. The largest absolute Gasteiger partial charge is 0.376 e. The average molecular weight is 290 g/mol. The van der Waals surface area contributed by atoms with Gasteiger partial charge >= 0.3 is 0 Å². The van der Waals surface area contributed by atoms with Crippen LogP contribution in [0.2, 0.25) is 0 Å². The molecule has 2 atom stereocenters. The molecule has 0 bridgehead atoms. The molecular formula is C18H30N2O. The van der Waals surface area contributed by atoms with Crippen LogP contribution in [0.3, 0.4) is 0 Å². The van der Waals surface area contributed by atoms with Crippen molar-refractivity contribution in [2.45, 2.75) is 45.8 Å². The van der Waals surface area contributed by atoms with E-state index in [1.807, 2.05) is 0 Å². The predicted octanol–water partition coefficient (Wildman–Crippen LogP) is 3.01. The molecule has 118 valence electrons. The van der Waals surface area contributed by atoms with Crippen LogP contribution < -0.4 is 5.32 Å². The summed E-state index contributed by atoms with van der Waals surface area (Å²) in [4.78, 5) is 2.52. The van der Waals surface area contributed by atoms with E-state index in [9.17, 15) is 0 Å². The van der Waals surface area contributed by atoms with Crippen LogP contribution in [-0.4, -0.2) is 43.8 Å². The van der Waals surface area contributed by atoms with E-state index in [1.54, 1.807) is 0 Å². The van der Waals surface area contributed by atoms with E-state index in [1.165, 1.54) is 24.0 Å². The van der Waals surface area contributed by atoms with Crippen LogP contribution in [0.25, 0.3) is 0 Å². The van der Waals surface area contributed by atoms with Crippen molar-refractivity contribution in [2.24, 2.45) is 0 Å². The zero-order chi connectivity index (χ0) is 15.1. The van der Waals surface area contributed by atoms with E-state index in [2.05, 4.69) is 55.3 Å². The molecule has 1 saturated heterocycles. The van der Waals surface area contributed by atoms with Crippen molar-refractivity contribution in [2.75, 3.05) is 32.8 Å². The van der Waals surface area contributed by atoms with E-state index in [0.717, 1.165) is 32.8 Å². The maximum atomic E-state index is 5.64. The lowest BCUT2D eigenvalue weighted by molar-refractivity contribution is -0.0210. The monoisotopic (exact) mass is 290 g/mol. The molecule has 2 unspecified atom stereocenters. The number of ether oxygens (including phenoxy) is 1. The Hall–Kier alpha value is -0.900. The van der Waals surface area contributed by atoms with Crippen LogP contribution in [0.15, 0.2) is 24.3 Å². The first kappa shape index (κ1) is 16.5. The molecule has 2 rings (SSSR count). The summed E-state index contributed by atoms with van der Waals surface area (Å²) in [7, 11) is 0. The summed E-state index contributed by atoms with van der Waals surface area (Å²) in [5, 5.41) is 3.63. The van der Waals surface area contributed by atoms with E-state index < -0.39 is 0 Å². The molecule has 0 aromatic heterocycles. The molecule has 1 aliphatic rings. The molecule has 0 saturated carbocycles. The number of likely N-dealkylation sites (N-methyl/N-ethyl adjacent to an activating group) is 1. The summed E-state index contributed by atoms with van der Waals surface area (Å²) in [6.45, 7) is 11.6. The molecule has 1 N–H and O–H groups in total. The van der Waals surface area contributed by atoms with Gasteiger partial charge in [-0.3, -0.25) is 4.90 Å². The lowest BCUT2D eigenvalue weighted by Gasteiger charge is -2.34. The number of hydrogen-bond acceptors (Lipinski definition) is 3. The normalized spacial score (nSPS) is 21.4. The zero-order valence-electron chi connectivity index (χ0n) is 13.8. The predicted molar refractivity (Wildman–Crippen MR) is 88.7 cm³/mol. The van der Waals surface area contributed by atoms with Crippen molar-refractivity contribution < 1.29 is 4.74 Å². The third-order valence-electron chi connectivity index (χ3n) is 4.14. The lowest BCUT2D eigenvalue weighted by Crippen LogP contribution is -2.45. The molecule has 1 aromatic carbocycles. The summed E-state index contributed by atoms with van der Waals surface area (Å²) < 4.78 is 5.64. The minimum absolute atomic E-state index is 0.355. The van der Waals surface area contributed by atoms with Gasteiger partial charge in [-0.05, 0) is 31.0 Å². The Morgan fingerprint density at radius 2 is 2.05 bits per heavy atom. The van der Waals surface area contributed by atoms with Gasteiger partial charge in [0.05, 0.1) is 12.7 Å². The summed E-state index contributed by atoms with van der Waals surface area (Å²) in [6.07, 6.45) is 2.74. The fourth-order valence-electron chi connectivity index (χ4n) is 3.05. The SMILES string of the molecule is CCCc1ccc(C(CN2CCOC(C)C2)NCC)cc1. The fourth-order valence-corrected chi connectivity index (χ4v) is 3.05. The third kappa shape index (κ3) is 5.10. The quantitative estimate of drug-likeness (QED) is 0.835. The van der Waals surface area contributed by atoms with Crippen LogP contribution in [0.1, 0.15) is 44.4 Å². The number of aryl methyl sites for hydroxylation is 1. The highest BCUT2D eigenvalue weighted by Gasteiger charge is 2.20. The number of benzene rings is 1. The summed E-state index contributed by atoms with van der Waals surface area (Å²) in [5.41, 5.74) is 2.84. The van der Waals surface area contributed by atoms with Gasteiger partial charge in [-0.25, -0.2) is 0 Å². The molecule has 1 fully saturated rings. The Bertz CT molecular complexity index is 404. The molecule has 1 aliphatic heterocycles. The second-order valence-corrected chi connectivity index (χ2v) is 6.04. The van der Waals surface area contributed by atoms with E-state index >= 15 is 0 Å². The van der Waals surface area contributed by atoms with Crippen molar-refractivity contribution in [3.8, 4) is 0 Å². The minimum Gasteiger partial charge on any atom is -0.376 e. The van der Waals surface area contributed by atoms with Crippen molar-refractivity contribution in [3.63, 3.8) is 0 Å². The second-order valence-electron chi connectivity index (χ2n) is 6.04. The lowest BCUT2D eigenvalue weighted by atomic mass is 10.0. The van der Waals surface area contributed by atoms with Gasteiger partial charge in [0, 0.05) is 25.7 Å². The first-order valence-corrected chi connectivity index (χ1v) is 8.39. The molecule has 0 amide bonds. The highest BCUT2D eigenvalue weighted by atomic mass is 16.5. The van der Waals surface area contributed by atoms with Crippen LogP contribution in [0.4, 0.5) is 0 Å². The minimum atomic E-state index is 0.355. The first-order chi connectivity index (χ1) is 10.2. The molecule has 21 heavy (non-hydrogen) atoms. The Kier molecular flexibility index (Phi) is 6.68. The Morgan fingerprint density at radius 1 is 1.29 bits per heavy atom. The second kappa shape index (κ2) is 8.52. The van der Waals surface area contributed by atoms with E-state index in [4.69, 9.17) is 4.74 Å². The molecule has 0 spiro atoms. The molecule has 3 nitrogen and oxygen atoms in total. The van der Waals surface area contributed by atoms with Gasteiger partial charge in [-0.2, -0.15) is 0 Å². The molecule has 3 heteroatoms. The number of nitrogens with zero attached hydrogens (tertiary/aromatic N) is 1. The van der Waals surface area contributed by atoms with Crippen LogP contribution in [0, 0.1) is 0 Å². The maximum absolute atomic E-state index is 5.64. The number of rotatable bonds is 7. The molecule has 1 heterocycles. The van der Waals surface area contributed by atoms with Crippen molar-refractivity contribution >= 4 is 0 Å². The maximum Gasteiger partial charge on any atom is 0.0674 e. The van der Waals surface area contributed by atoms with Gasteiger partial charge in [0.15, 0.2) is 0 Å². The topological polar surface area (TPSA) is 24.5 Å². The van der Waals surface area contributed by atoms with Crippen molar-refractivity contribution in [1.82, 2.24) is 10.2 Å². The van der Waals surface area contributed by atoms with Crippen molar-refractivity contribution in [1.29, 1.82) is 0 Å². The van der Waals surface area contributed by atoms with Crippen LogP contribution in [-0.2, 0) is 11.2 Å². The molecule has 0 aliphatic carbocycles. The molecular weight excluding hydrogens is 260 g/mol. The van der Waals surface area contributed by atoms with Gasteiger partial charge in [-0.15, -0.1) is 0 Å². The molecule has 1 aromatic rings. The zero-order valence-corrected chi connectivity index (χ0v) is 13.8. The fraction of sp³-hybridized carbons (Fsp3) is 0.667. The van der Waals surface area contributed by atoms with E-state index in [-0.39, 0.29) is 0 Å². The number of nitrogens with one attached hydrogen (secondary N) is 1. The number of morpholine rings is 1. The average Bonchev–Trinajstić information content (AvgIpc) is 2.48. The highest BCUT2D eigenvalue weighted by molar-refractivity contribution is 5.25. The van der Waals surface area contributed by atoms with Gasteiger partial charge < -0.3 is 10.1 Å². The summed E-state index contributed by atoms with van der Waals surface area (Å²) in [6, 6.07) is 9.57. The van der Waals surface area contributed by atoms with Gasteiger partial charge in [0.25, 0.3) is 0 Å². The smallest absolute Gasteiger partial charge is 0.0674 e. The van der Waals surface area contributed by atoms with Crippen LogP contribution >= 0.6 is 0 Å². The standard InChI is InChI=1S/C18H30N2O/c1-4-6-16-7-9-17(10-8-16)18(19-5-2)14-20-11-12-21-15(3)13-20/h7-10,15,18-19H,4-6,11-14H2,1-3H3. The van der Waals surface area contributed by atoms with Gasteiger partial charge in [-0.1, -0.05) is 44.5 Å².